The number of hydrazine groups is 1. The zero-order valence-electron chi connectivity index (χ0n) is 10.1. The molecule has 1 aromatic rings. The van der Waals surface area contributed by atoms with Gasteiger partial charge in [-0.05, 0) is 17.7 Å². The molecule has 1 rings (SSSR count). The molecule has 4 nitrogen and oxygen atoms in total. The minimum atomic E-state index is -0.309. The number of thioether (sulfide) groups is 1. The van der Waals surface area contributed by atoms with Crippen molar-refractivity contribution in [3.8, 4) is 0 Å². The van der Waals surface area contributed by atoms with Crippen LogP contribution in [0.15, 0.2) is 29.2 Å². The summed E-state index contributed by atoms with van der Waals surface area (Å²) in [6.07, 6.45) is 0.202. The Balaban J connectivity index is 2.63. The van der Waals surface area contributed by atoms with Gasteiger partial charge in [0.1, 0.15) is 0 Å². The fourth-order valence-corrected chi connectivity index (χ4v) is 2.28. The average Bonchev–Trinajstić information content (AvgIpc) is 2.28. The lowest BCUT2D eigenvalue weighted by Crippen LogP contribution is -2.32. The van der Waals surface area contributed by atoms with Crippen LogP contribution in [0.2, 0.25) is 0 Å². The first-order valence-electron chi connectivity index (χ1n) is 5.54. The van der Waals surface area contributed by atoms with Crippen molar-refractivity contribution in [2.75, 3.05) is 0 Å². The van der Waals surface area contributed by atoms with E-state index in [4.69, 9.17) is 11.6 Å². The molecule has 17 heavy (non-hydrogen) atoms. The average molecular weight is 253 g/mol. The lowest BCUT2D eigenvalue weighted by atomic mass is 10.0. The molecule has 0 spiro atoms. The van der Waals surface area contributed by atoms with Gasteiger partial charge in [0.2, 0.25) is 5.91 Å². The molecule has 0 saturated heterocycles. The second-order valence-corrected chi connectivity index (χ2v) is 5.76. The molecule has 1 aromatic carbocycles. The minimum Gasteiger partial charge on any atom is -0.324 e. The van der Waals surface area contributed by atoms with Crippen LogP contribution in [-0.2, 0) is 4.79 Å². The van der Waals surface area contributed by atoms with Crippen molar-refractivity contribution in [2.24, 2.45) is 11.6 Å². The van der Waals surface area contributed by atoms with Crippen molar-refractivity contribution in [2.45, 2.75) is 36.5 Å². The molecule has 94 valence electrons. The molecule has 1 amide bonds. The topological polar surface area (TPSA) is 81.1 Å². The first-order valence-corrected chi connectivity index (χ1v) is 6.42. The number of hydrogen-bond acceptors (Lipinski definition) is 4. The second kappa shape index (κ2) is 6.64. The van der Waals surface area contributed by atoms with Gasteiger partial charge in [-0.2, -0.15) is 0 Å². The van der Waals surface area contributed by atoms with Crippen LogP contribution >= 0.6 is 11.8 Å². The zero-order valence-corrected chi connectivity index (χ0v) is 11.0. The molecule has 5 heteroatoms. The summed E-state index contributed by atoms with van der Waals surface area (Å²) >= 11 is 1.80. The molecule has 0 heterocycles. The number of benzene rings is 1. The molecule has 0 aliphatic carbocycles. The Kier molecular flexibility index (Phi) is 5.47. The van der Waals surface area contributed by atoms with E-state index in [2.05, 4.69) is 19.3 Å². The predicted molar refractivity (Wildman–Crippen MR) is 71.3 cm³/mol. The summed E-state index contributed by atoms with van der Waals surface area (Å²) in [6.45, 7) is 4.30. The largest absolute Gasteiger partial charge is 0.324 e. The van der Waals surface area contributed by atoms with Gasteiger partial charge in [0, 0.05) is 22.6 Å². The van der Waals surface area contributed by atoms with Crippen LogP contribution in [0.25, 0.3) is 0 Å². The van der Waals surface area contributed by atoms with Gasteiger partial charge in [0.15, 0.2) is 0 Å². The first-order chi connectivity index (χ1) is 8.02. The van der Waals surface area contributed by atoms with Gasteiger partial charge in [-0.3, -0.25) is 10.2 Å². The highest BCUT2D eigenvalue weighted by molar-refractivity contribution is 7.99. The highest BCUT2D eigenvalue weighted by Gasteiger charge is 2.10. The third kappa shape index (κ3) is 4.77. The molecule has 0 bridgehead atoms. The fraction of sp³-hybridized carbons (Fsp3) is 0.417. The van der Waals surface area contributed by atoms with Crippen LogP contribution in [0.1, 0.15) is 31.9 Å². The lowest BCUT2D eigenvalue weighted by molar-refractivity contribution is -0.121. The highest BCUT2D eigenvalue weighted by Crippen LogP contribution is 2.24. The molecule has 5 N–H and O–H groups in total. The molecule has 0 aromatic heterocycles. The maximum absolute atomic E-state index is 11.1. The normalized spacial score (nSPS) is 12.5. The zero-order chi connectivity index (χ0) is 12.8. The maximum atomic E-state index is 11.1. The number of carbonyl (C=O) groups excluding carboxylic acids is 1. The van der Waals surface area contributed by atoms with Crippen molar-refractivity contribution >= 4 is 17.7 Å². The van der Waals surface area contributed by atoms with E-state index in [9.17, 15) is 4.79 Å². The Labute approximate surface area is 106 Å². The standard InChI is InChI=1S/C12H19N3OS/c1-8(2)17-10-5-3-9(4-6-10)11(13)7-12(16)15-14/h3-6,8,11H,7,13-14H2,1-2H3,(H,15,16). The number of nitrogens with one attached hydrogen (secondary N) is 1. The quantitative estimate of drug-likeness (QED) is 0.322. The summed E-state index contributed by atoms with van der Waals surface area (Å²) in [7, 11) is 0. The van der Waals surface area contributed by atoms with Gasteiger partial charge in [-0.15, -0.1) is 11.8 Å². The van der Waals surface area contributed by atoms with E-state index in [-0.39, 0.29) is 18.4 Å². The molecular weight excluding hydrogens is 234 g/mol. The number of nitrogens with two attached hydrogens (primary N) is 2. The smallest absolute Gasteiger partial charge is 0.235 e. The van der Waals surface area contributed by atoms with Gasteiger partial charge >= 0.3 is 0 Å². The SMILES string of the molecule is CC(C)Sc1ccc(C(N)CC(=O)NN)cc1. The summed E-state index contributed by atoms with van der Waals surface area (Å²) in [4.78, 5) is 12.3. The van der Waals surface area contributed by atoms with E-state index in [1.807, 2.05) is 24.3 Å². The molecule has 0 fully saturated rings. The van der Waals surface area contributed by atoms with Crippen LogP contribution in [0.5, 0.6) is 0 Å². The van der Waals surface area contributed by atoms with Gasteiger partial charge < -0.3 is 5.73 Å². The summed E-state index contributed by atoms with van der Waals surface area (Å²) in [5.41, 5.74) is 8.93. The Bertz CT molecular complexity index is 365. The van der Waals surface area contributed by atoms with Crippen LogP contribution < -0.4 is 17.0 Å². The fourth-order valence-electron chi connectivity index (χ4n) is 1.44. The Morgan fingerprint density at radius 1 is 1.35 bits per heavy atom. The summed E-state index contributed by atoms with van der Waals surface area (Å²) < 4.78 is 0. The molecule has 0 saturated carbocycles. The predicted octanol–water partition coefficient (Wildman–Crippen LogP) is 1.57. The maximum Gasteiger partial charge on any atom is 0.235 e. The van der Waals surface area contributed by atoms with Crippen molar-refractivity contribution in [1.82, 2.24) is 5.43 Å². The molecular formula is C12H19N3OS. The molecule has 0 aliphatic rings. The first kappa shape index (κ1) is 14.0. The van der Waals surface area contributed by atoms with Crippen molar-refractivity contribution in [3.63, 3.8) is 0 Å². The van der Waals surface area contributed by atoms with Gasteiger partial charge in [-0.1, -0.05) is 26.0 Å². The number of amides is 1. The van der Waals surface area contributed by atoms with E-state index in [1.165, 1.54) is 4.90 Å². The summed E-state index contributed by atoms with van der Waals surface area (Å²) in [5.74, 6) is 4.77. The Morgan fingerprint density at radius 3 is 2.41 bits per heavy atom. The van der Waals surface area contributed by atoms with Crippen molar-refractivity contribution < 1.29 is 4.79 Å². The van der Waals surface area contributed by atoms with Gasteiger partial charge in [-0.25, -0.2) is 5.84 Å². The number of hydrogen-bond donors (Lipinski definition) is 3. The molecule has 0 aliphatic heterocycles. The summed E-state index contributed by atoms with van der Waals surface area (Å²) in [6, 6.07) is 7.66. The van der Waals surface area contributed by atoms with Gasteiger partial charge in [0.25, 0.3) is 0 Å². The Morgan fingerprint density at radius 2 is 1.94 bits per heavy atom. The van der Waals surface area contributed by atoms with E-state index in [0.29, 0.717) is 5.25 Å². The highest BCUT2D eigenvalue weighted by atomic mass is 32.2. The number of carbonyl (C=O) groups is 1. The third-order valence-electron chi connectivity index (χ3n) is 2.25. The van der Waals surface area contributed by atoms with Gasteiger partial charge in [0.05, 0.1) is 0 Å². The minimum absolute atomic E-state index is 0.202. The van der Waals surface area contributed by atoms with E-state index >= 15 is 0 Å². The van der Waals surface area contributed by atoms with E-state index in [0.717, 1.165) is 5.56 Å². The van der Waals surface area contributed by atoms with E-state index in [1.54, 1.807) is 11.8 Å². The van der Waals surface area contributed by atoms with Crippen molar-refractivity contribution in [3.05, 3.63) is 29.8 Å². The summed E-state index contributed by atoms with van der Waals surface area (Å²) in [5, 5.41) is 0.553. The third-order valence-corrected chi connectivity index (χ3v) is 3.26. The lowest BCUT2D eigenvalue weighted by Gasteiger charge is -2.12. The molecule has 1 unspecified atom stereocenters. The van der Waals surface area contributed by atoms with Crippen molar-refractivity contribution in [1.29, 1.82) is 0 Å². The van der Waals surface area contributed by atoms with Crippen LogP contribution in [0.4, 0.5) is 0 Å². The van der Waals surface area contributed by atoms with Crippen LogP contribution in [-0.4, -0.2) is 11.2 Å². The monoisotopic (exact) mass is 253 g/mol. The van der Waals surface area contributed by atoms with Crippen LogP contribution in [0.3, 0.4) is 0 Å². The van der Waals surface area contributed by atoms with Crippen LogP contribution in [0, 0.1) is 0 Å². The Hall–Kier alpha value is -1.04. The second-order valence-electron chi connectivity index (χ2n) is 4.11. The number of rotatable bonds is 5. The van der Waals surface area contributed by atoms with E-state index < -0.39 is 0 Å². The molecule has 0 radical (unpaired) electrons. The molecule has 1 atom stereocenters.